The smallest absolute Gasteiger partial charge is 1.00 e. The molecule has 0 saturated heterocycles. The molecule has 23 heavy (non-hydrogen) atoms. The van der Waals surface area contributed by atoms with Crippen LogP contribution in [0.3, 0.4) is 0 Å². The molecule has 1 amide bonds. The van der Waals surface area contributed by atoms with Crippen LogP contribution < -0.4 is 34.9 Å². The average molecular weight is 343 g/mol. The van der Waals surface area contributed by atoms with Crippen LogP contribution in [0.5, 0.6) is 0 Å². The topological polar surface area (TPSA) is 83.5 Å². The molecule has 2 aromatic carbocycles. The van der Waals surface area contributed by atoms with E-state index in [0.717, 1.165) is 0 Å². The summed E-state index contributed by atoms with van der Waals surface area (Å²) in [6.45, 7) is 1.57. The summed E-state index contributed by atoms with van der Waals surface area (Å²) in [6, 6.07) is 17.2. The minimum atomic E-state index is -4.27. The van der Waals surface area contributed by atoms with Gasteiger partial charge in [0.2, 0.25) is 0 Å². The van der Waals surface area contributed by atoms with Crippen LogP contribution in [0, 0.1) is 0 Å². The first-order valence-electron chi connectivity index (χ1n) is 6.68. The molecule has 5 nitrogen and oxygen atoms in total. The number of nitrogens with one attached hydrogen (secondary N) is 1. The second-order valence-electron chi connectivity index (χ2n) is 5.24. The second kappa shape index (κ2) is 8.08. The van der Waals surface area contributed by atoms with Crippen molar-refractivity contribution in [3.8, 4) is 0 Å². The number of benzene rings is 2. The summed E-state index contributed by atoms with van der Waals surface area (Å²) >= 11 is 0. The summed E-state index contributed by atoms with van der Waals surface area (Å²) in [5, 5.41) is 2.70. The van der Waals surface area contributed by atoms with Crippen LogP contribution in [0.4, 0.5) is 0 Å². The molecule has 0 heterocycles. The van der Waals surface area contributed by atoms with Gasteiger partial charge < -0.3 is 6.74 Å². The van der Waals surface area contributed by atoms with Crippen LogP contribution in [0.1, 0.15) is 24.3 Å². The van der Waals surface area contributed by atoms with Gasteiger partial charge in [0.25, 0.3) is 16.0 Å². The minimum absolute atomic E-state index is 0. The Morgan fingerprint density at radius 2 is 1.57 bits per heavy atom. The number of rotatable bonds is 5. The number of amides is 1. The van der Waals surface area contributed by atoms with E-state index in [0.29, 0.717) is 11.1 Å². The normalized spacial score (nSPS) is 13.5. The quantitative estimate of drug-likeness (QED) is 0.558. The molecular weight excluding hydrogens is 325 g/mol. The third-order valence-corrected chi connectivity index (χ3v) is 4.25. The van der Waals surface area contributed by atoms with Crippen LogP contribution in [0.15, 0.2) is 60.7 Å². The van der Waals surface area contributed by atoms with Gasteiger partial charge in [-0.15, -0.1) is 0 Å². The fourth-order valence-electron chi connectivity index (χ4n) is 2.27. The zero-order chi connectivity index (χ0) is 16.2. The monoisotopic (exact) mass is 343 g/mol. The fourth-order valence-corrected chi connectivity index (χ4v) is 3.24. The first-order valence-corrected chi connectivity index (χ1v) is 8.29. The van der Waals surface area contributed by atoms with E-state index in [-0.39, 0.29) is 31.0 Å². The molecule has 2 rings (SSSR count). The summed E-state index contributed by atoms with van der Waals surface area (Å²) in [5.41, 5.74) is -0.223. The molecule has 2 N–H and O–H groups in total. The number of carbonyl (C=O) groups excluding carboxylic acids is 1. The van der Waals surface area contributed by atoms with Gasteiger partial charge >= 0.3 is 29.6 Å². The Labute approximate surface area is 159 Å². The SMILES string of the molecule is CC(CS(=O)(=O)O)(NC(=O)c1ccccc1)c1ccccc1.[H-].[Na+]. The molecule has 0 aliphatic heterocycles. The number of carbonyl (C=O) groups is 1. The van der Waals surface area contributed by atoms with E-state index in [2.05, 4.69) is 5.32 Å². The molecule has 0 aliphatic rings. The van der Waals surface area contributed by atoms with Crippen molar-refractivity contribution in [2.75, 3.05) is 5.75 Å². The molecule has 2 aromatic rings. The summed E-state index contributed by atoms with van der Waals surface area (Å²) in [4.78, 5) is 12.3. The Bertz CT molecular complexity index is 756. The van der Waals surface area contributed by atoms with Crippen LogP contribution in [0.25, 0.3) is 0 Å². The molecule has 1 unspecified atom stereocenters. The van der Waals surface area contributed by atoms with E-state index in [1.54, 1.807) is 67.6 Å². The average Bonchev–Trinajstić information content (AvgIpc) is 2.47. The molecule has 1 atom stereocenters. The van der Waals surface area contributed by atoms with E-state index in [9.17, 15) is 17.8 Å². The number of hydrogen-bond acceptors (Lipinski definition) is 3. The third-order valence-electron chi connectivity index (χ3n) is 3.31. The zero-order valence-electron chi connectivity index (χ0n) is 14.1. The Morgan fingerprint density at radius 1 is 1.09 bits per heavy atom. The Kier molecular flexibility index (Phi) is 6.98. The van der Waals surface area contributed by atoms with Gasteiger partial charge in [0.1, 0.15) is 5.75 Å². The van der Waals surface area contributed by atoms with Crippen molar-refractivity contribution in [1.82, 2.24) is 5.32 Å². The predicted molar refractivity (Wildman–Crippen MR) is 85.2 cm³/mol. The van der Waals surface area contributed by atoms with Gasteiger partial charge in [0, 0.05) is 5.56 Å². The molecular formula is C16H18NNaO4S. The van der Waals surface area contributed by atoms with Gasteiger partial charge in [-0.25, -0.2) is 0 Å². The standard InChI is InChI=1S/C16H17NO4S.Na.H/c1-16(12-22(19,20)21,14-10-6-3-7-11-14)17-15(18)13-8-4-2-5-9-13;;/h2-11H,12H2,1H3,(H,17,18)(H,19,20,21);;/q;+1;-1. The fraction of sp³-hybridized carbons (Fsp3) is 0.188. The van der Waals surface area contributed by atoms with E-state index in [1.165, 1.54) is 0 Å². The number of hydrogen-bond donors (Lipinski definition) is 2. The van der Waals surface area contributed by atoms with Crippen molar-refractivity contribution < 1.29 is 48.7 Å². The predicted octanol–water partition coefficient (Wildman–Crippen LogP) is -0.664. The molecule has 0 bridgehead atoms. The van der Waals surface area contributed by atoms with Gasteiger partial charge in [0.05, 0.1) is 5.54 Å². The molecule has 7 heteroatoms. The van der Waals surface area contributed by atoms with Crippen LogP contribution >= 0.6 is 0 Å². The largest absolute Gasteiger partial charge is 1.00 e. The van der Waals surface area contributed by atoms with Gasteiger partial charge in [-0.1, -0.05) is 48.5 Å². The Morgan fingerprint density at radius 3 is 2.04 bits per heavy atom. The van der Waals surface area contributed by atoms with Gasteiger partial charge in [-0.2, -0.15) is 8.42 Å². The Balaban J connectivity index is 0.00000264. The van der Waals surface area contributed by atoms with E-state index < -0.39 is 27.3 Å². The molecule has 118 valence electrons. The van der Waals surface area contributed by atoms with Crippen LogP contribution in [-0.4, -0.2) is 24.6 Å². The minimum Gasteiger partial charge on any atom is -1.00 e. The third kappa shape index (κ3) is 5.75. The van der Waals surface area contributed by atoms with Crippen molar-refractivity contribution >= 4 is 16.0 Å². The molecule has 0 aliphatic carbocycles. The van der Waals surface area contributed by atoms with Gasteiger partial charge in [-0.05, 0) is 24.6 Å². The maximum absolute atomic E-state index is 12.3. The summed E-state index contributed by atoms with van der Waals surface area (Å²) in [7, 11) is -4.27. The van der Waals surface area contributed by atoms with Gasteiger partial charge in [0.15, 0.2) is 0 Å². The maximum Gasteiger partial charge on any atom is 1.00 e. The first kappa shape index (κ1) is 19.9. The summed E-state index contributed by atoms with van der Waals surface area (Å²) in [5.74, 6) is -1.02. The molecule has 0 radical (unpaired) electrons. The van der Waals surface area contributed by atoms with E-state index >= 15 is 0 Å². The van der Waals surface area contributed by atoms with E-state index in [4.69, 9.17) is 0 Å². The Hall–Kier alpha value is -1.18. The van der Waals surface area contributed by atoms with E-state index in [1.807, 2.05) is 0 Å². The maximum atomic E-state index is 12.3. The molecule has 0 saturated carbocycles. The first-order chi connectivity index (χ1) is 10.3. The molecule has 0 aromatic heterocycles. The second-order valence-corrected chi connectivity index (χ2v) is 6.70. The van der Waals surface area contributed by atoms with Gasteiger partial charge in [-0.3, -0.25) is 9.35 Å². The van der Waals surface area contributed by atoms with Crippen LogP contribution in [0.2, 0.25) is 0 Å². The van der Waals surface area contributed by atoms with Crippen molar-refractivity contribution in [3.05, 3.63) is 71.8 Å². The van der Waals surface area contributed by atoms with Crippen LogP contribution in [-0.2, 0) is 15.7 Å². The van der Waals surface area contributed by atoms with Crippen molar-refractivity contribution in [2.45, 2.75) is 12.5 Å². The molecule has 0 fully saturated rings. The molecule has 0 spiro atoms. The zero-order valence-corrected chi connectivity index (χ0v) is 15.9. The van der Waals surface area contributed by atoms with Crippen molar-refractivity contribution in [2.24, 2.45) is 0 Å². The summed E-state index contributed by atoms with van der Waals surface area (Å²) in [6.07, 6.45) is 0. The summed E-state index contributed by atoms with van der Waals surface area (Å²) < 4.78 is 31.9. The van der Waals surface area contributed by atoms with Crippen molar-refractivity contribution in [1.29, 1.82) is 0 Å². The van der Waals surface area contributed by atoms with Crippen molar-refractivity contribution in [3.63, 3.8) is 0 Å².